The molecular formula is C12H15N3O. The van der Waals surface area contributed by atoms with Crippen molar-refractivity contribution < 1.29 is 4.79 Å². The number of nitrogens with one attached hydrogen (secondary N) is 3. The Morgan fingerprint density at radius 3 is 2.94 bits per heavy atom. The third-order valence-electron chi connectivity index (χ3n) is 3.09. The van der Waals surface area contributed by atoms with Crippen LogP contribution >= 0.6 is 0 Å². The van der Waals surface area contributed by atoms with Crippen LogP contribution in [0.2, 0.25) is 0 Å². The number of hydrogen-bond donors (Lipinski definition) is 3. The fraction of sp³-hybridized carbons (Fsp3) is 0.333. The quantitative estimate of drug-likeness (QED) is 0.389. The van der Waals surface area contributed by atoms with Gasteiger partial charge in [-0.05, 0) is 24.0 Å². The van der Waals surface area contributed by atoms with Gasteiger partial charge in [0.15, 0.2) is 5.96 Å². The Morgan fingerprint density at radius 1 is 1.50 bits per heavy atom. The topological polar surface area (TPSA) is 65.0 Å². The van der Waals surface area contributed by atoms with Crippen molar-refractivity contribution in [3.8, 4) is 0 Å². The molecule has 1 aliphatic rings. The summed E-state index contributed by atoms with van der Waals surface area (Å²) >= 11 is 0. The summed E-state index contributed by atoms with van der Waals surface area (Å²) in [7, 11) is 1.66. The fourth-order valence-electron chi connectivity index (χ4n) is 2.21. The Kier molecular flexibility index (Phi) is 2.64. The molecule has 0 fully saturated rings. The van der Waals surface area contributed by atoms with Crippen molar-refractivity contribution in [3.63, 3.8) is 0 Å². The van der Waals surface area contributed by atoms with Gasteiger partial charge in [-0.2, -0.15) is 0 Å². The molecule has 3 N–H and O–H groups in total. The summed E-state index contributed by atoms with van der Waals surface area (Å²) in [6.45, 7) is 0. The summed E-state index contributed by atoms with van der Waals surface area (Å²) in [4.78, 5) is 11.4. The van der Waals surface area contributed by atoms with Crippen LogP contribution < -0.4 is 10.6 Å². The van der Waals surface area contributed by atoms with Crippen molar-refractivity contribution in [2.24, 2.45) is 0 Å². The van der Waals surface area contributed by atoms with Gasteiger partial charge < -0.3 is 15.4 Å². The van der Waals surface area contributed by atoms with E-state index in [0.29, 0.717) is 6.42 Å². The third kappa shape index (κ3) is 1.56. The number of hydrogen-bond acceptors (Lipinski definition) is 2. The second-order valence-electron chi connectivity index (χ2n) is 4.00. The van der Waals surface area contributed by atoms with Gasteiger partial charge in [-0.1, -0.05) is 24.3 Å². The summed E-state index contributed by atoms with van der Waals surface area (Å²) < 4.78 is 0. The first kappa shape index (κ1) is 10.7. The van der Waals surface area contributed by atoms with Gasteiger partial charge in [0.25, 0.3) is 0 Å². The second kappa shape index (κ2) is 3.96. The standard InChI is InChI=1S/C12H15N3O/c1-14-11(13)15-12(8-16)7-6-9-4-2-3-5-10(9)12/h2-5,8H,6-7H2,1H3,(H3,13,14,15). The van der Waals surface area contributed by atoms with E-state index in [4.69, 9.17) is 5.41 Å². The van der Waals surface area contributed by atoms with Crippen molar-refractivity contribution >= 4 is 12.2 Å². The third-order valence-corrected chi connectivity index (χ3v) is 3.09. The van der Waals surface area contributed by atoms with Gasteiger partial charge >= 0.3 is 0 Å². The Hall–Kier alpha value is -1.84. The Balaban J connectivity index is 2.37. The van der Waals surface area contributed by atoms with E-state index in [9.17, 15) is 4.79 Å². The zero-order valence-corrected chi connectivity index (χ0v) is 9.21. The van der Waals surface area contributed by atoms with Crippen molar-refractivity contribution in [2.75, 3.05) is 7.05 Å². The van der Waals surface area contributed by atoms with Crippen LogP contribution in [0, 0.1) is 5.41 Å². The molecule has 0 heterocycles. The van der Waals surface area contributed by atoms with Crippen LogP contribution in [0.3, 0.4) is 0 Å². The highest BCUT2D eigenvalue weighted by molar-refractivity contribution is 5.83. The number of guanidine groups is 1. The Labute approximate surface area is 94.6 Å². The first-order chi connectivity index (χ1) is 7.72. The SMILES string of the molecule is CNC(=N)NC1(C=O)CCc2ccccc21. The van der Waals surface area contributed by atoms with Gasteiger partial charge in [0.1, 0.15) is 11.8 Å². The number of carbonyl (C=O) groups excluding carboxylic acids is 1. The lowest BCUT2D eigenvalue weighted by Crippen LogP contribution is -2.49. The maximum absolute atomic E-state index is 11.4. The molecule has 0 radical (unpaired) electrons. The van der Waals surface area contributed by atoms with E-state index in [-0.39, 0.29) is 5.96 Å². The maximum atomic E-state index is 11.4. The minimum absolute atomic E-state index is 0.170. The molecule has 1 aromatic carbocycles. The summed E-state index contributed by atoms with van der Waals surface area (Å²) in [5.74, 6) is 0.170. The van der Waals surface area contributed by atoms with Gasteiger partial charge in [-0.3, -0.25) is 5.41 Å². The molecule has 84 valence electrons. The first-order valence-corrected chi connectivity index (χ1v) is 5.31. The van der Waals surface area contributed by atoms with E-state index in [1.165, 1.54) is 5.56 Å². The highest BCUT2D eigenvalue weighted by atomic mass is 16.1. The van der Waals surface area contributed by atoms with Crippen LogP contribution in [0.1, 0.15) is 17.5 Å². The van der Waals surface area contributed by atoms with Crippen molar-refractivity contribution in [3.05, 3.63) is 35.4 Å². The summed E-state index contributed by atoms with van der Waals surface area (Å²) in [5.41, 5.74) is 1.45. The molecule has 0 aromatic heterocycles. The highest BCUT2D eigenvalue weighted by Crippen LogP contribution is 2.34. The molecule has 0 saturated heterocycles. The largest absolute Gasteiger partial charge is 0.360 e. The Bertz CT molecular complexity index is 430. The first-order valence-electron chi connectivity index (χ1n) is 5.31. The fourth-order valence-corrected chi connectivity index (χ4v) is 2.21. The molecule has 1 aromatic rings. The van der Waals surface area contributed by atoms with Gasteiger partial charge in [-0.25, -0.2) is 0 Å². The number of aryl methyl sites for hydroxylation is 1. The molecule has 16 heavy (non-hydrogen) atoms. The van der Waals surface area contributed by atoms with Crippen LogP contribution in [0.25, 0.3) is 0 Å². The van der Waals surface area contributed by atoms with E-state index in [1.54, 1.807) is 7.05 Å². The lowest BCUT2D eigenvalue weighted by Gasteiger charge is -2.26. The number of aldehydes is 1. The van der Waals surface area contributed by atoms with E-state index in [1.807, 2.05) is 24.3 Å². The molecule has 4 nitrogen and oxygen atoms in total. The van der Waals surface area contributed by atoms with Gasteiger partial charge in [0.2, 0.25) is 0 Å². The van der Waals surface area contributed by atoms with Crippen LogP contribution in [-0.2, 0) is 16.8 Å². The van der Waals surface area contributed by atoms with Gasteiger partial charge in [-0.15, -0.1) is 0 Å². The number of fused-ring (bicyclic) bond motifs is 1. The van der Waals surface area contributed by atoms with Gasteiger partial charge in [0, 0.05) is 7.05 Å². The molecule has 1 atom stereocenters. The molecule has 0 bridgehead atoms. The molecule has 2 rings (SSSR count). The zero-order valence-electron chi connectivity index (χ0n) is 9.21. The number of benzene rings is 1. The van der Waals surface area contributed by atoms with Crippen LogP contribution in [0.15, 0.2) is 24.3 Å². The summed E-state index contributed by atoms with van der Waals surface area (Å²) in [6, 6.07) is 7.88. The minimum atomic E-state index is -0.726. The number of carbonyl (C=O) groups is 1. The smallest absolute Gasteiger partial charge is 0.189 e. The van der Waals surface area contributed by atoms with E-state index in [2.05, 4.69) is 10.6 Å². The average molecular weight is 217 g/mol. The lowest BCUT2D eigenvalue weighted by molar-refractivity contribution is -0.113. The van der Waals surface area contributed by atoms with Crippen LogP contribution in [0.4, 0.5) is 0 Å². The molecule has 0 aliphatic heterocycles. The summed E-state index contributed by atoms with van der Waals surface area (Å²) in [6.07, 6.45) is 2.49. The van der Waals surface area contributed by atoms with Crippen molar-refractivity contribution in [1.82, 2.24) is 10.6 Å². The van der Waals surface area contributed by atoms with Crippen LogP contribution in [0.5, 0.6) is 0 Å². The normalized spacial score (nSPS) is 22.3. The average Bonchev–Trinajstić information content (AvgIpc) is 2.69. The molecule has 1 aliphatic carbocycles. The van der Waals surface area contributed by atoms with E-state index < -0.39 is 5.54 Å². The van der Waals surface area contributed by atoms with Gasteiger partial charge in [0.05, 0.1) is 0 Å². The molecule has 0 saturated carbocycles. The predicted molar refractivity (Wildman–Crippen MR) is 62.4 cm³/mol. The van der Waals surface area contributed by atoms with E-state index in [0.717, 1.165) is 18.3 Å². The lowest BCUT2D eigenvalue weighted by atomic mass is 9.94. The molecular weight excluding hydrogens is 202 g/mol. The van der Waals surface area contributed by atoms with Crippen LogP contribution in [-0.4, -0.2) is 19.3 Å². The van der Waals surface area contributed by atoms with Crippen molar-refractivity contribution in [1.29, 1.82) is 5.41 Å². The molecule has 0 spiro atoms. The zero-order chi connectivity index (χ0) is 11.6. The number of rotatable bonds is 2. The van der Waals surface area contributed by atoms with E-state index >= 15 is 0 Å². The molecule has 4 heteroatoms. The monoisotopic (exact) mass is 217 g/mol. The highest BCUT2D eigenvalue weighted by Gasteiger charge is 2.38. The molecule has 0 amide bonds. The molecule has 1 unspecified atom stereocenters. The second-order valence-corrected chi connectivity index (χ2v) is 4.00. The van der Waals surface area contributed by atoms with Crippen molar-refractivity contribution in [2.45, 2.75) is 18.4 Å². The Morgan fingerprint density at radius 2 is 2.25 bits per heavy atom. The predicted octanol–water partition coefficient (Wildman–Crippen LogP) is 0.771. The maximum Gasteiger partial charge on any atom is 0.189 e. The minimum Gasteiger partial charge on any atom is -0.360 e. The summed E-state index contributed by atoms with van der Waals surface area (Å²) in [5, 5.41) is 13.2.